The predicted molar refractivity (Wildman–Crippen MR) is 60.7 cm³/mol. The second kappa shape index (κ2) is 4.42. The van der Waals surface area contributed by atoms with E-state index in [-0.39, 0.29) is 5.41 Å². The maximum Gasteiger partial charge on any atom is 0.134 e. The van der Waals surface area contributed by atoms with Crippen LogP contribution in [0.5, 0.6) is 0 Å². The van der Waals surface area contributed by atoms with Crippen LogP contribution in [0, 0.1) is 5.41 Å². The van der Waals surface area contributed by atoms with Gasteiger partial charge in [-0.25, -0.2) is 0 Å². The SMILES string of the molecule is Cn1cnnc1CCN=C(N)C(C)(C)C. The standard InChI is InChI=1S/C10H19N5/c1-10(2,3)9(11)12-6-5-8-14-13-7-15(8)4/h7H,5-6H2,1-4H3,(H2,11,12). The van der Waals surface area contributed by atoms with Crippen LogP contribution in [-0.2, 0) is 13.5 Å². The molecule has 0 aliphatic heterocycles. The lowest BCUT2D eigenvalue weighted by molar-refractivity contribution is 0.580. The number of hydrogen-bond acceptors (Lipinski definition) is 3. The average molecular weight is 209 g/mol. The topological polar surface area (TPSA) is 69.1 Å². The Morgan fingerprint density at radius 2 is 2.20 bits per heavy atom. The Morgan fingerprint density at radius 1 is 1.53 bits per heavy atom. The molecular weight excluding hydrogens is 190 g/mol. The number of aryl methyl sites for hydroxylation is 1. The second-order valence-corrected chi connectivity index (χ2v) is 4.63. The minimum absolute atomic E-state index is 0.0557. The van der Waals surface area contributed by atoms with Crippen molar-refractivity contribution in [2.24, 2.45) is 23.2 Å². The quantitative estimate of drug-likeness (QED) is 0.590. The van der Waals surface area contributed by atoms with Crippen LogP contribution in [0.1, 0.15) is 26.6 Å². The molecule has 1 heterocycles. The minimum atomic E-state index is -0.0557. The predicted octanol–water partition coefficient (Wildman–Crippen LogP) is 0.761. The Hall–Kier alpha value is -1.39. The molecule has 15 heavy (non-hydrogen) atoms. The first-order valence-electron chi connectivity index (χ1n) is 5.04. The van der Waals surface area contributed by atoms with E-state index in [9.17, 15) is 0 Å². The van der Waals surface area contributed by atoms with E-state index in [1.807, 2.05) is 32.4 Å². The van der Waals surface area contributed by atoms with Gasteiger partial charge in [0.1, 0.15) is 12.2 Å². The van der Waals surface area contributed by atoms with Crippen molar-refractivity contribution >= 4 is 5.84 Å². The molecule has 0 amide bonds. The van der Waals surface area contributed by atoms with Gasteiger partial charge in [-0.1, -0.05) is 20.8 Å². The number of rotatable bonds is 3. The highest BCUT2D eigenvalue weighted by Crippen LogP contribution is 2.12. The van der Waals surface area contributed by atoms with Gasteiger partial charge in [0.15, 0.2) is 0 Å². The molecule has 2 N–H and O–H groups in total. The largest absolute Gasteiger partial charge is 0.387 e. The van der Waals surface area contributed by atoms with Crippen molar-refractivity contribution in [1.82, 2.24) is 14.8 Å². The monoisotopic (exact) mass is 209 g/mol. The third-order valence-corrected chi connectivity index (χ3v) is 2.19. The average Bonchev–Trinajstić information content (AvgIpc) is 2.50. The molecule has 1 aromatic rings. The van der Waals surface area contributed by atoms with E-state index in [1.165, 1.54) is 0 Å². The lowest BCUT2D eigenvalue weighted by Gasteiger charge is -2.17. The van der Waals surface area contributed by atoms with E-state index in [4.69, 9.17) is 5.73 Å². The molecule has 0 saturated heterocycles. The number of nitrogens with two attached hydrogens (primary N) is 1. The van der Waals surface area contributed by atoms with Gasteiger partial charge in [-0.15, -0.1) is 10.2 Å². The molecule has 1 rings (SSSR count). The van der Waals surface area contributed by atoms with Gasteiger partial charge < -0.3 is 10.3 Å². The van der Waals surface area contributed by atoms with Crippen LogP contribution in [0.3, 0.4) is 0 Å². The van der Waals surface area contributed by atoms with Gasteiger partial charge in [-0.3, -0.25) is 4.99 Å². The first kappa shape index (κ1) is 11.7. The summed E-state index contributed by atoms with van der Waals surface area (Å²) in [7, 11) is 1.92. The maximum atomic E-state index is 5.84. The Balaban J connectivity index is 2.49. The summed E-state index contributed by atoms with van der Waals surface area (Å²) in [5.41, 5.74) is 5.78. The van der Waals surface area contributed by atoms with Crippen molar-refractivity contribution in [2.45, 2.75) is 27.2 Å². The van der Waals surface area contributed by atoms with Crippen molar-refractivity contribution in [2.75, 3.05) is 6.54 Å². The van der Waals surface area contributed by atoms with Crippen LogP contribution in [0.25, 0.3) is 0 Å². The summed E-state index contributed by atoms with van der Waals surface area (Å²) in [5.74, 6) is 1.62. The van der Waals surface area contributed by atoms with E-state index in [0.29, 0.717) is 12.4 Å². The van der Waals surface area contributed by atoms with Gasteiger partial charge in [0.2, 0.25) is 0 Å². The molecule has 0 unspecified atom stereocenters. The van der Waals surface area contributed by atoms with Crippen LogP contribution in [0.15, 0.2) is 11.3 Å². The third kappa shape index (κ3) is 3.34. The molecular formula is C10H19N5. The van der Waals surface area contributed by atoms with Crippen LogP contribution in [-0.4, -0.2) is 27.1 Å². The maximum absolute atomic E-state index is 5.84. The summed E-state index contributed by atoms with van der Waals surface area (Å²) in [4.78, 5) is 4.32. The molecule has 0 atom stereocenters. The Morgan fingerprint density at radius 3 is 2.67 bits per heavy atom. The summed E-state index contributed by atoms with van der Waals surface area (Å²) in [6, 6.07) is 0. The Bertz CT molecular complexity index is 345. The normalized spacial score (nSPS) is 13.2. The van der Waals surface area contributed by atoms with Crippen molar-refractivity contribution in [3.63, 3.8) is 0 Å². The molecule has 0 spiro atoms. The first-order valence-corrected chi connectivity index (χ1v) is 5.04. The van der Waals surface area contributed by atoms with E-state index in [1.54, 1.807) is 6.33 Å². The van der Waals surface area contributed by atoms with E-state index < -0.39 is 0 Å². The summed E-state index contributed by atoms with van der Waals surface area (Å²) in [6.07, 6.45) is 2.46. The van der Waals surface area contributed by atoms with Gasteiger partial charge in [0.25, 0.3) is 0 Å². The number of hydrogen-bond donors (Lipinski definition) is 1. The molecule has 0 aromatic carbocycles. The molecule has 0 bridgehead atoms. The zero-order valence-electron chi connectivity index (χ0n) is 9.86. The third-order valence-electron chi connectivity index (χ3n) is 2.19. The van der Waals surface area contributed by atoms with Crippen molar-refractivity contribution in [3.05, 3.63) is 12.2 Å². The number of nitrogens with zero attached hydrogens (tertiary/aromatic N) is 4. The summed E-state index contributed by atoms with van der Waals surface area (Å²) >= 11 is 0. The Kier molecular flexibility index (Phi) is 3.44. The van der Waals surface area contributed by atoms with E-state index in [0.717, 1.165) is 12.2 Å². The van der Waals surface area contributed by atoms with Crippen LogP contribution in [0.4, 0.5) is 0 Å². The van der Waals surface area contributed by atoms with Gasteiger partial charge in [0.05, 0.1) is 5.84 Å². The molecule has 0 radical (unpaired) electrons. The fraction of sp³-hybridized carbons (Fsp3) is 0.700. The molecule has 0 fully saturated rings. The fourth-order valence-electron chi connectivity index (χ4n) is 1.05. The van der Waals surface area contributed by atoms with Crippen LogP contribution < -0.4 is 5.73 Å². The van der Waals surface area contributed by atoms with E-state index >= 15 is 0 Å². The van der Waals surface area contributed by atoms with Crippen molar-refractivity contribution in [3.8, 4) is 0 Å². The zero-order chi connectivity index (χ0) is 11.5. The zero-order valence-corrected chi connectivity index (χ0v) is 9.86. The number of aromatic nitrogens is 3. The van der Waals surface area contributed by atoms with Gasteiger partial charge in [-0.2, -0.15) is 0 Å². The second-order valence-electron chi connectivity index (χ2n) is 4.63. The van der Waals surface area contributed by atoms with Gasteiger partial charge in [0, 0.05) is 25.4 Å². The number of amidine groups is 1. The van der Waals surface area contributed by atoms with Crippen LogP contribution in [0.2, 0.25) is 0 Å². The molecule has 5 nitrogen and oxygen atoms in total. The Labute approximate surface area is 90.4 Å². The summed E-state index contributed by atoms with van der Waals surface area (Å²) < 4.78 is 1.89. The highest BCUT2D eigenvalue weighted by Gasteiger charge is 2.14. The molecule has 0 saturated carbocycles. The molecule has 84 valence electrons. The van der Waals surface area contributed by atoms with Gasteiger partial charge >= 0.3 is 0 Å². The van der Waals surface area contributed by atoms with Crippen molar-refractivity contribution < 1.29 is 0 Å². The molecule has 1 aromatic heterocycles. The lowest BCUT2D eigenvalue weighted by Crippen LogP contribution is -2.29. The first-order chi connectivity index (χ1) is 6.91. The van der Waals surface area contributed by atoms with E-state index in [2.05, 4.69) is 15.2 Å². The minimum Gasteiger partial charge on any atom is -0.387 e. The molecule has 0 aliphatic carbocycles. The highest BCUT2D eigenvalue weighted by atomic mass is 15.2. The molecule has 5 heteroatoms. The smallest absolute Gasteiger partial charge is 0.134 e. The summed E-state index contributed by atoms with van der Waals surface area (Å²) in [5, 5.41) is 7.78. The summed E-state index contributed by atoms with van der Waals surface area (Å²) in [6.45, 7) is 6.81. The lowest BCUT2D eigenvalue weighted by atomic mass is 9.95. The fourth-order valence-corrected chi connectivity index (χ4v) is 1.05. The highest BCUT2D eigenvalue weighted by molar-refractivity contribution is 5.85. The number of aliphatic imine (C=N–C) groups is 1. The van der Waals surface area contributed by atoms with Crippen LogP contribution >= 0.6 is 0 Å². The van der Waals surface area contributed by atoms with Gasteiger partial charge in [-0.05, 0) is 0 Å². The van der Waals surface area contributed by atoms with Crippen molar-refractivity contribution in [1.29, 1.82) is 0 Å². The molecule has 0 aliphatic rings.